The number of nitrogens with one attached hydrogen (secondary N) is 1. The highest BCUT2D eigenvalue weighted by atomic mass is 79.9. The Morgan fingerprint density at radius 3 is 2.53 bits per heavy atom. The van der Waals surface area contributed by atoms with Crippen molar-refractivity contribution in [3.8, 4) is 0 Å². The van der Waals surface area contributed by atoms with Crippen molar-refractivity contribution in [3.05, 3.63) is 16.0 Å². The molecule has 0 spiro atoms. The summed E-state index contributed by atoms with van der Waals surface area (Å²) in [6.45, 7) is 7.85. The predicted octanol–water partition coefficient (Wildman–Crippen LogP) is 1.52. The zero-order chi connectivity index (χ0) is 13.4. The largest absolute Gasteiger partial charge is 0.372 e. The number of hydrogen-bond acceptors (Lipinski definition) is 5. The molecule has 4 heterocycles. The molecule has 0 aliphatic carbocycles. The van der Waals surface area contributed by atoms with Gasteiger partial charge in [-0.25, -0.2) is 9.97 Å². The number of aryl methyl sites for hydroxylation is 1. The SMILES string of the molecule is CCc1nc(C2CN3CCN2CC3)nc(NC)c1Br. The van der Waals surface area contributed by atoms with E-state index in [4.69, 9.17) is 9.97 Å². The molecule has 1 aromatic rings. The Morgan fingerprint density at radius 1 is 1.26 bits per heavy atom. The lowest BCUT2D eigenvalue weighted by Gasteiger charge is -2.46. The lowest BCUT2D eigenvalue weighted by molar-refractivity contribution is 0.00861. The van der Waals surface area contributed by atoms with E-state index in [2.05, 4.69) is 38.0 Å². The summed E-state index contributed by atoms with van der Waals surface area (Å²) in [6.07, 6.45) is 0.918. The maximum Gasteiger partial charge on any atom is 0.149 e. The highest BCUT2D eigenvalue weighted by Gasteiger charge is 2.35. The zero-order valence-corrected chi connectivity index (χ0v) is 13.1. The van der Waals surface area contributed by atoms with Gasteiger partial charge in [-0.2, -0.15) is 0 Å². The first-order valence-corrected chi connectivity index (χ1v) is 7.72. The predicted molar refractivity (Wildman–Crippen MR) is 79.4 cm³/mol. The molecule has 1 N–H and O–H groups in total. The number of hydrogen-bond donors (Lipinski definition) is 1. The average molecular weight is 326 g/mol. The first kappa shape index (κ1) is 13.3. The van der Waals surface area contributed by atoms with Crippen molar-refractivity contribution in [1.29, 1.82) is 0 Å². The summed E-state index contributed by atoms with van der Waals surface area (Å²) in [6, 6.07) is 0.355. The molecule has 0 amide bonds. The van der Waals surface area contributed by atoms with Gasteiger partial charge in [0, 0.05) is 39.8 Å². The van der Waals surface area contributed by atoms with Crippen LogP contribution in [0, 0.1) is 0 Å². The molecule has 0 aromatic carbocycles. The Kier molecular flexibility index (Phi) is 3.73. The Hall–Kier alpha value is -0.720. The molecule has 3 saturated heterocycles. The van der Waals surface area contributed by atoms with Crippen LogP contribution in [0.15, 0.2) is 4.47 Å². The van der Waals surface area contributed by atoms with E-state index in [1.54, 1.807) is 0 Å². The first-order chi connectivity index (χ1) is 9.22. The second-order valence-corrected chi connectivity index (χ2v) is 5.94. The summed E-state index contributed by atoms with van der Waals surface area (Å²) in [5.74, 6) is 1.87. The van der Waals surface area contributed by atoms with E-state index in [0.29, 0.717) is 6.04 Å². The fourth-order valence-corrected chi connectivity index (χ4v) is 3.58. The van der Waals surface area contributed by atoms with E-state index in [9.17, 15) is 0 Å². The molecule has 19 heavy (non-hydrogen) atoms. The summed E-state index contributed by atoms with van der Waals surface area (Å²) in [7, 11) is 1.91. The van der Waals surface area contributed by atoms with Gasteiger partial charge in [-0.3, -0.25) is 9.80 Å². The summed E-state index contributed by atoms with van der Waals surface area (Å²) in [5.41, 5.74) is 1.09. The van der Waals surface area contributed by atoms with Crippen LogP contribution < -0.4 is 5.32 Å². The van der Waals surface area contributed by atoms with Gasteiger partial charge in [-0.15, -0.1) is 0 Å². The highest BCUT2D eigenvalue weighted by Crippen LogP contribution is 2.30. The van der Waals surface area contributed by atoms with Gasteiger partial charge < -0.3 is 5.32 Å². The van der Waals surface area contributed by atoms with Crippen molar-refractivity contribution in [3.63, 3.8) is 0 Å². The van der Waals surface area contributed by atoms with Crippen LogP contribution >= 0.6 is 15.9 Å². The number of fused-ring (bicyclic) bond motifs is 3. The quantitative estimate of drug-likeness (QED) is 0.912. The number of anilines is 1. The van der Waals surface area contributed by atoms with Crippen LogP contribution in [0.25, 0.3) is 0 Å². The van der Waals surface area contributed by atoms with E-state index in [1.165, 1.54) is 13.1 Å². The van der Waals surface area contributed by atoms with Crippen molar-refractivity contribution in [2.45, 2.75) is 19.4 Å². The third kappa shape index (κ3) is 2.37. The second-order valence-electron chi connectivity index (χ2n) is 5.15. The Labute approximate surface area is 122 Å². The van der Waals surface area contributed by atoms with Gasteiger partial charge in [0.15, 0.2) is 0 Å². The minimum Gasteiger partial charge on any atom is -0.372 e. The van der Waals surface area contributed by atoms with E-state index in [-0.39, 0.29) is 0 Å². The molecule has 0 saturated carbocycles. The molecule has 1 aromatic heterocycles. The topological polar surface area (TPSA) is 44.3 Å². The molecule has 1 atom stereocenters. The van der Waals surface area contributed by atoms with Crippen LogP contribution in [-0.2, 0) is 6.42 Å². The molecule has 1 unspecified atom stereocenters. The molecular weight excluding hydrogens is 306 g/mol. The monoisotopic (exact) mass is 325 g/mol. The van der Waals surface area contributed by atoms with Crippen molar-refractivity contribution in [1.82, 2.24) is 19.8 Å². The minimum atomic E-state index is 0.355. The van der Waals surface area contributed by atoms with Gasteiger partial charge in [0.05, 0.1) is 16.2 Å². The summed E-state index contributed by atoms with van der Waals surface area (Å²) in [4.78, 5) is 14.5. The number of piperazine rings is 3. The summed E-state index contributed by atoms with van der Waals surface area (Å²) >= 11 is 3.59. The molecule has 3 aliphatic heterocycles. The summed E-state index contributed by atoms with van der Waals surface area (Å²) < 4.78 is 0.998. The van der Waals surface area contributed by atoms with Crippen molar-refractivity contribution >= 4 is 21.7 Å². The maximum absolute atomic E-state index is 4.78. The molecule has 104 valence electrons. The Morgan fingerprint density at radius 2 is 2.00 bits per heavy atom. The lowest BCUT2D eigenvalue weighted by atomic mass is 10.1. The molecule has 3 aliphatic rings. The fraction of sp³-hybridized carbons (Fsp3) is 0.692. The average Bonchev–Trinajstić information content (AvgIpc) is 2.48. The smallest absolute Gasteiger partial charge is 0.149 e. The summed E-state index contributed by atoms with van der Waals surface area (Å²) in [5, 5.41) is 3.16. The standard InChI is InChI=1S/C13H20BrN5/c1-3-9-11(14)13(15-2)17-12(16-9)10-8-18-4-6-19(10)7-5-18/h10H,3-8H2,1-2H3,(H,15,16,17). The zero-order valence-electron chi connectivity index (χ0n) is 11.5. The van der Waals surface area contributed by atoms with E-state index < -0.39 is 0 Å². The van der Waals surface area contributed by atoms with E-state index in [1.807, 2.05) is 7.05 Å². The molecule has 3 fully saturated rings. The Balaban J connectivity index is 1.96. The molecule has 4 rings (SSSR count). The van der Waals surface area contributed by atoms with E-state index >= 15 is 0 Å². The molecule has 5 nitrogen and oxygen atoms in total. The highest BCUT2D eigenvalue weighted by molar-refractivity contribution is 9.10. The number of rotatable bonds is 3. The van der Waals surface area contributed by atoms with Gasteiger partial charge >= 0.3 is 0 Å². The van der Waals surface area contributed by atoms with Crippen LogP contribution in [0.5, 0.6) is 0 Å². The number of halogens is 1. The fourth-order valence-electron chi connectivity index (χ4n) is 2.92. The Bertz CT molecular complexity index is 445. The van der Waals surface area contributed by atoms with Crippen molar-refractivity contribution < 1.29 is 0 Å². The van der Waals surface area contributed by atoms with E-state index in [0.717, 1.165) is 47.9 Å². The van der Waals surface area contributed by atoms with Crippen molar-refractivity contribution in [2.75, 3.05) is 45.1 Å². The van der Waals surface area contributed by atoms with Crippen LogP contribution in [0.4, 0.5) is 5.82 Å². The normalized spacial score (nSPS) is 29.5. The van der Waals surface area contributed by atoms with Gasteiger partial charge in [-0.05, 0) is 22.4 Å². The second kappa shape index (κ2) is 5.34. The van der Waals surface area contributed by atoms with Gasteiger partial charge in [0.1, 0.15) is 11.6 Å². The van der Waals surface area contributed by atoms with Crippen LogP contribution in [0.3, 0.4) is 0 Å². The van der Waals surface area contributed by atoms with Crippen LogP contribution in [0.2, 0.25) is 0 Å². The third-order valence-electron chi connectivity index (χ3n) is 4.09. The first-order valence-electron chi connectivity index (χ1n) is 6.93. The maximum atomic E-state index is 4.78. The molecule has 6 heteroatoms. The van der Waals surface area contributed by atoms with Gasteiger partial charge in [0.25, 0.3) is 0 Å². The van der Waals surface area contributed by atoms with Gasteiger partial charge in [0.2, 0.25) is 0 Å². The number of aromatic nitrogens is 2. The minimum absolute atomic E-state index is 0.355. The van der Waals surface area contributed by atoms with Gasteiger partial charge in [-0.1, -0.05) is 6.92 Å². The van der Waals surface area contributed by atoms with Crippen LogP contribution in [0.1, 0.15) is 24.5 Å². The molecular formula is C13H20BrN5. The third-order valence-corrected chi connectivity index (χ3v) is 4.92. The van der Waals surface area contributed by atoms with Crippen molar-refractivity contribution in [2.24, 2.45) is 0 Å². The molecule has 0 radical (unpaired) electrons. The van der Waals surface area contributed by atoms with Crippen LogP contribution in [-0.4, -0.2) is 59.5 Å². The molecule has 2 bridgehead atoms. The number of nitrogens with zero attached hydrogens (tertiary/aromatic N) is 4. The lowest BCUT2D eigenvalue weighted by Crippen LogP contribution is -2.57.